The van der Waals surface area contributed by atoms with E-state index in [0.717, 1.165) is 18.8 Å². The monoisotopic (exact) mass is 256 g/mol. The second kappa shape index (κ2) is 5.37. The van der Waals surface area contributed by atoms with Crippen LogP contribution in [0.5, 0.6) is 0 Å². The molecule has 0 saturated heterocycles. The quantitative estimate of drug-likeness (QED) is 0.767. The average molecular weight is 257 g/mol. The lowest BCUT2D eigenvalue weighted by atomic mass is 10.4. The fourth-order valence-electron chi connectivity index (χ4n) is 1.41. The van der Waals surface area contributed by atoms with Crippen LogP contribution >= 0.6 is 22.9 Å². The number of oxazole rings is 1. The molecular formula is C11H13ClN2OS. The van der Waals surface area contributed by atoms with Gasteiger partial charge < -0.3 is 9.32 Å². The van der Waals surface area contributed by atoms with E-state index in [1.807, 2.05) is 6.07 Å². The number of nitrogens with zero attached hydrogens (tertiary/aromatic N) is 2. The second-order valence-electron chi connectivity index (χ2n) is 3.35. The average Bonchev–Trinajstić information content (AvgIpc) is 2.96. The molecule has 0 spiro atoms. The highest BCUT2D eigenvalue weighted by atomic mass is 35.5. The Balaban J connectivity index is 2.10. The summed E-state index contributed by atoms with van der Waals surface area (Å²) in [7, 11) is 0. The van der Waals surface area contributed by atoms with Gasteiger partial charge in [-0.2, -0.15) is 4.98 Å². The van der Waals surface area contributed by atoms with E-state index in [0.29, 0.717) is 11.9 Å². The summed E-state index contributed by atoms with van der Waals surface area (Å²) < 4.78 is 5.39. The maximum Gasteiger partial charge on any atom is 0.297 e. The van der Waals surface area contributed by atoms with Gasteiger partial charge in [0, 0.05) is 11.4 Å². The topological polar surface area (TPSA) is 29.3 Å². The van der Waals surface area contributed by atoms with E-state index in [1.54, 1.807) is 17.6 Å². The molecule has 0 bridgehead atoms. The molecule has 0 aliphatic heterocycles. The van der Waals surface area contributed by atoms with Crippen molar-refractivity contribution in [1.82, 2.24) is 4.98 Å². The molecule has 3 nitrogen and oxygen atoms in total. The van der Waals surface area contributed by atoms with Crippen molar-refractivity contribution < 1.29 is 4.42 Å². The first kappa shape index (κ1) is 11.5. The Bertz CT molecular complexity index is 427. The molecule has 16 heavy (non-hydrogen) atoms. The first-order chi connectivity index (χ1) is 7.83. The Morgan fingerprint density at radius 2 is 2.44 bits per heavy atom. The van der Waals surface area contributed by atoms with Crippen LogP contribution in [0.1, 0.15) is 17.5 Å². The predicted octanol–water partition coefficient (Wildman–Crippen LogP) is 3.50. The maximum atomic E-state index is 5.69. The minimum absolute atomic E-state index is 0.389. The van der Waals surface area contributed by atoms with Crippen LogP contribution in [0.3, 0.4) is 0 Å². The van der Waals surface area contributed by atoms with Crippen molar-refractivity contribution in [3.8, 4) is 0 Å². The molecule has 5 heteroatoms. The van der Waals surface area contributed by atoms with Gasteiger partial charge in [0.2, 0.25) is 0 Å². The standard InChI is InChI=1S/C11H13ClN2OS/c1-2-14(7-10-4-3-5-16-10)11-13-9(6-12)8-15-11/h3-5,8H,2,6-7H2,1H3. The number of hydrogen-bond acceptors (Lipinski definition) is 4. The minimum Gasteiger partial charge on any atom is -0.432 e. The lowest BCUT2D eigenvalue weighted by Gasteiger charge is -2.17. The molecule has 2 heterocycles. The fraction of sp³-hybridized carbons (Fsp3) is 0.364. The number of halogens is 1. The molecule has 0 amide bonds. The van der Waals surface area contributed by atoms with Crippen molar-refractivity contribution in [2.24, 2.45) is 0 Å². The van der Waals surface area contributed by atoms with Crippen molar-refractivity contribution >= 4 is 29.0 Å². The van der Waals surface area contributed by atoms with Crippen molar-refractivity contribution in [2.45, 2.75) is 19.3 Å². The number of aromatic nitrogens is 1. The van der Waals surface area contributed by atoms with Gasteiger partial charge >= 0.3 is 0 Å². The molecule has 2 aromatic heterocycles. The van der Waals surface area contributed by atoms with Gasteiger partial charge in [-0.05, 0) is 18.4 Å². The molecule has 0 atom stereocenters. The summed E-state index contributed by atoms with van der Waals surface area (Å²) in [5, 5.41) is 2.07. The summed E-state index contributed by atoms with van der Waals surface area (Å²) in [4.78, 5) is 7.70. The van der Waals surface area contributed by atoms with Crippen LogP contribution in [-0.4, -0.2) is 11.5 Å². The van der Waals surface area contributed by atoms with Gasteiger partial charge in [0.15, 0.2) is 0 Å². The molecule has 2 aromatic rings. The van der Waals surface area contributed by atoms with E-state index in [2.05, 4.69) is 28.3 Å². The van der Waals surface area contributed by atoms with Crippen LogP contribution in [0.15, 0.2) is 28.2 Å². The first-order valence-corrected chi connectivity index (χ1v) is 6.52. The van der Waals surface area contributed by atoms with Gasteiger partial charge in [-0.3, -0.25) is 0 Å². The van der Waals surface area contributed by atoms with Gasteiger partial charge in [-0.25, -0.2) is 0 Å². The van der Waals surface area contributed by atoms with Crippen LogP contribution < -0.4 is 4.90 Å². The van der Waals surface area contributed by atoms with Crippen LogP contribution in [-0.2, 0) is 12.4 Å². The molecule has 0 aromatic carbocycles. The van der Waals surface area contributed by atoms with E-state index in [4.69, 9.17) is 16.0 Å². The summed E-state index contributed by atoms with van der Waals surface area (Å²) in [5.41, 5.74) is 0.779. The van der Waals surface area contributed by atoms with Crippen molar-refractivity contribution in [2.75, 3.05) is 11.4 Å². The Morgan fingerprint density at radius 1 is 1.56 bits per heavy atom. The SMILES string of the molecule is CCN(Cc1cccs1)c1nc(CCl)co1. The zero-order valence-electron chi connectivity index (χ0n) is 9.02. The summed E-state index contributed by atoms with van der Waals surface area (Å²) in [6, 6.07) is 4.80. The third kappa shape index (κ3) is 2.57. The molecule has 0 aliphatic rings. The van der Waals surface area contributed by atoms with Crippen LogP contribution in [0.4, 0.5) is 6.01 Å². The van der Waals surface area contributed by atoms with Crippen LogP contribution in [0.2, 0.25) is 0 Å². The van der Waals surface area contributed by atoms with Crippen LogP contribution in [0, 0.1) is 0 Å². The highest BCUT2D eigenvalue weighted by Crippen LogP contribution is 2.19. The molecule has 0 saturated carbocycles. The molecule has 0 fully saturated rings. The first-order valence-electron chi connectivity index (χ1n) is 5.11. The maximum absolute atomic E-state index is 5.69. The number of hydrogen-bond donors (Lipinski definition) is 0. The zero-order valence-corrected chi connectivity index (χ0v) is 10.6. The van der Waals surface area contributed by atoms with E-state index in [9.17, 15) is 0 Å². The van der Waals surface area contributed by atoms with E-state index < -0.39 is 0 Å². The van der Waals surface area contributed by atoms with Gasteiger partial charge in [-0.1, -0.05) is 6.07 Å². The third-order valence-electron chi connectivity index (χ3n) is 2.26. The second-order valence-corrected chi connectivity index (χ2v) is 4.65. The van der Waals surface area contributed by atoms with Gasteiger partial charge in [0.1, 0.15) is 6.26 Å². The van der Waals surface area contributed by atoms with E-state index in [1.165, 1.54) is 4.88 Å². The predicted molar refractivity (Wildman–Crippen MR) is 67.1 cm³/mol. The summed E-state index contributed by atoms with van der Waals surface area (Å²) in [5.74, 6) is 0.389. The number of alkyl halides is 1. The molecule has 0 aliphatic carbocycles. The fourth-order valence-corrected chi connectivity index (χ4v) is 2.25. The smallest absolute Gasteiger partial charge is 0.297 e. The van der Waals surface area contributed by atoms with Crippen molar-refractivity contribution in [3.63, 3.8) is 0 Å². The Labute approximate surface area is 104 Å². The summed E-state index contributed by atoms with van der Waals surface area (Å²) >= 11 is 7.43. The zero-order chi connectivity index (χ0) is 11.4. The van der Waals surface area contributed by atoms with E-state index in [-0.39, 0.29) is 0 Å². The Morgan fingerprint density at radius 3 is 3.00 bits per heavy atom. The highest BCUT2D eigenvalue weighted by Gasteiger charge is 2.11. The highest BCUT2D eigenvalue weighted by molar-refractivity contribution is 7.09. The van der Waals surface area contributed by atoms with Crippen molar-refractivity contribution in [1.29, 1.82) is 0 Å². The molecule has 0 N–H and O–H groups in total. The third-order valence-corrected chi connectivity index (χ3v) is 3.39. The largest absolute Gasteiger partial charge is 0.432 e. The molecular weight excluding hydrogens is 244 g/mol. The van der Waals surface area contributed by atoms with Crippen LogP contribution in [0.25, 0.3) is 0 Å². The lowest BCUT2D eigenvalue weighted by Crippen LogP contribution is -2.21. The normalized spacial score (nSPS) is 10.6. The molecule has 86 valence electrons. The molecule has 2 rings (SSSR count). The van der Waals surface area contributed by atoms with Gasteiger partial charge in [0.05, 0.1) is 18.1 Å². The minimum atomic E-state index is 0.389. The lowest BCUT2D eigenvalue weighted by molar-refractivity contribution is 0.535. The molecule has 0 radical (unpaired) electrons. The number of rotatable bonds is 5. The molecule has 0 unspecified atom stereocenters. The van der Waals surface area contributed by atoms with E-state index >= 15 is 0 Å². The number of thiophene rings is 1. The Kier molecular flexibility index (Phi) is 3.85. The van der Waals surface area contributed by atoms with Crippen molar-refractivity contribution in [3.05, 3.63) is 34.3 Å². The van der Waals surface area contributed by atoms with Gasteiger partial charge in [-0.15, -0.1) is 22.9 Å². The summed E-state index contributed by atoms with van der Waals surface area (Å²) in [6.07, 6.45) is 1.61. The Hall–Kier alpha value is -1.00. The van der Waals surface area contributed by atoms with Gasteiger partial charge in [0.25, 0.3) is 6.01 Å². The summed E-state index contributed by atoms with van der Waals surface area (Å²) in [6.45, 7) is 3.77. The number of anilines is 1.